The second kappa shape index (κ2) is 6.66. The molecule has 0 spiro atoms. The SMILES string of the molecule is Cc1c(-c2ccc(C3CCCC3)c[n+]2C)c2oc3ncccc3c2c2ccccc12. The van der Waals surface area contributed by atoms with Gasteiger partial charge in [0, 0.05) is 28.6 Å². The number of rotatable bonds is 2. The van der Waals surface area contributed by atoms with Crippen molar-refractivity contribution < 1.29 is 8.98 Å². The van der Waals surface area contributed by atoms with Crippen molar-refractivity contribution >= 4 is 32.8 Å². The van der Waals surface area contributed by atoms with Crippen LogP contribution in [0.15, 0.2) is 65.3 Å². The maximum atomic E-state index is 6.39. The molecule has 3 heterocycles. The Morgan fingerprint density at radius 1 is 0.933 bits per heavy atom. The summed E-state index contributed by atoms with van der Waals surface area (Å²) in [6.45, 7) is 2.21. The Morgan fingerprint density at radius 3 is 2.50 bits per heavy atom. The maximum Gasteiger partial charge on any atom is 0.227 e. The van der Waals surface area contributed by atoms with Crippen LogP contribution in [0.3, 0.4) is 0 Å². The molecular formula is C27H25N2O+. The van der Waals surface area contributed by atoms with Crippen LogP contribution < -0.4 is 4.57 Å². The Bertz CT molecular complexity index is 1420. The molecule has 0 N–H and O–H groups in total. The standard InChI is InChI=1S/C27H25N2O/c1-17-20-10-5-6-11-21(20)25-22-12-7-15-28-27(22)30-26(25)24(17)23-14-13-19(16-29(23)2)18-8-3-4-9-18/h5-7,10-16,18H,3-4,8-9H2,1-2H3/q+1. The summed E-state index contributed by atoms with van der Waals surface area (Å²) in [6.07, 6.45) is 9.46. The van der Waals surface area contributed by atoms with E-state index in [1.54, 1.807) is 6.20 Å². The summed E-state index contributed by atoms with van der Waals surface area (Å²) >= 11 is 0. The largest absolute Gasteiger partial charge is 0.437 e. The van der Waals surface area contributed by atoms with Crippen molar-refractivity contribution in [3.8, 4) is 11.3 Å². The molecule has 0 bridgehead atoms. The molecule has 1 aliphatic rings. The van der Waals surface area contributed by atoms with Crippen LogP contribution in [-0.2, 0) is 7.05 Å². The van der Waals surface area contributed by atoms with Gasteiger partial charge in [-0.2, -0.15) is 0 Å². The van der Waals surface area contributed by atoms with E-state index in [0.29, 0.717) is 11.6 Å². The second-order valence-electron chi connectivity index (χ2n) is 8.65. The summed E-state index contributed by atoms with van der Waals surface area (Å²) < 4.78 is 8.67. The van der Waals surface area contributed by atoms with Crippen LogP contribution in [0.25, 0.3) is 44.1 Å². The fourth-order valence-corrected chi connectivity index (χ4v) is 5.41. The van der Waals surface area contributed by atoms with Gasteiger partial charge in [0.15, 0.2) is 11.8 Å². The first-order valence-corrected chi connectivity index (χ1v) is 10.9. The molecule has 3 aromatic heterocycles. The van der Waals surface area contributed by atoms with Crippen LogP contribution in [0.4, 0.5) is 0 Å². The van der Waals surface area contributed by atoms with E-state index >= 15 is 0 Å². The van der Waals surface area contributed by atoms with Crippen LogP contribution in [0.2, 0.25) is 0 Å². The molecule has 0 radical (unpaired) electrons. The van der Waals surface area contributed by atoms with Gasteiger partial charge in [-0.1, -0.05) is 37.1 Å². The molecule has 1 saturated carbocycles. The molecule has 1 fully saturated rings. The monoisotopic (exact) mass is 393 g/mol. The second-order valence-corrected chi connectivity index (χ2v) is 8.65. The van der Waals surface area contributed by atoms with Gasteiger partial charge in [0.2, 0.25) is 11.4 Å². The average molecular weight is 394 g/mol. The normalized spacial score (nSPS) is 15.0. The fourth-order valence-electron chi connectivity index (χ4n) is 5.41. The minimum Gasteiger partial charge on any atom is -0.437 e. The number of hydrogen-bond acceptors (Lipinski definition) is 2. The summed E-state index contributed by atoms with van der Waals surface area (Å²) in [5.41, 5.74) is 6.70. The molecule has 30 heavy (non-hydrogen) atoms. The van der Waals surface area contributed by atoms with Gasteiger partial charge in [0.25, 0.3) is 0 Å². The van der Waals surface area contributed by atoms with Crippen LogP contribution in [-0.4, -0.2) is 4.98 Å². The number of aromatic nitrogens is 2. The van der Waals surface area contributed by atoms with Crippen molar-refractivity contribution in [1.82, 2.24) is 4.98 Å². The van der Waals surface area contributed by atoms with Gasteiger partial charge in [0.05, 0.1) is 5.56 Å². The van der Waals surface area contributed by atoms with Crippen LogP contribution in [0.5, 0.6) is 0 Å². The molecule has 5 aromatic rings. The molecule has 148 valence electrons. The van der Waals surface area contributed by atoms with E-state index in [1.807, 2.05) is 6.07 Å². The molecule has 3 heteroatoms. The van der Waals surface area contributed by atoms with Crippen molar-refractivity contribution in [2.45, 2.75) is 38.5 Å². The minimum atomic E-state index is 0.703. The molecule has 0 atom stereocenters. The van der Waals surface area contributed by atoms with Crippen molar-refractivity contribution in [2.75, 3.05) is 0 Å². The topological polar surface area (TPSA) is 29.9 Å². The number of benzene rings is 2. The molecule has 0 aliphatic heterocycles. The Kier molecular flexibility index (Phi) is 3.92. The molecule has 0 saturated heterocycles. The van der Waals surface area contributed by atoms with Gasteiger partial charge >= 0.3 is 0 Å². The summed E-state index contributed by atoms with van der Waals surface area (Å²) in [5, 5.41) is 4.74. The lowest BCUT2D eigenvalue weighted by Crippen LogP contribution is -2.31. The highest BCUT2D eigenvalue weighted by Gasteiger charge is 2.26. The number of pyridine rings is 2. The zero-order valence-corrected chi connectivity index (χ0v) is 17.5. The van der Waals surface area contributed by atoms with E-state index in [1.165, 1.54) is 58.8 Å². The van der Waals surface area contributed by atoms with Crippen molar-refractivity contribution in [2.24, 2.45) is 7.05 Å². The van der Waals surface area contributed by atoms with Gasteiger partial charge in [-0.15, -0.1) is 0 Å². The summed E-state index contributed by atoms with van der Waals surface area (Å²) in [6, 6.07) is 17.3. The number of nitrogens with zero attached hydrogens (tertiary/aromatic N) is 2. The molecule has 3 nitrogen and oxygen atoms in total. The van der Waals surface area contributed by atoms with Crippen LogP contribution in [0.1, 0.15) is 42.7 Å². The highest BCUT2D eigenvalue weighted by atomic mass is 16.3. The molecule has 1 aliphatic carbocycles. The zero-order chi connectivity index (χ0) is 20.2. The molecular weight excluding hydrogens is 368 g/mol. The zero-order valence-electron chi connectivity index (χ0n) is 17.5. The first kappa shape index (κ1) is 17.6. The van der Waals surface area contributed by atoms with Crippen molar-refractivity contribution in [3.63, 3.8) is 0 Å². The highest BCUT2D eigenvalue weighted by molar-refractivity contribution is 6.22. The van der Waals surface area contributed by atoms with E-state index in [4.69, 9.17) is 4.42 Å². The lowest BCUT2D eigenvalue weighted by atomic mass is 9.92. The van der Waals surface area contributed by atoms with Gasteiger partial charge in [0.1, 0.15) is 7.05 Å². The third-order valence-electron chi connectivity index (χ3n) is 6.91. The van der Waals surface area contributed by atoms with Gasteiger partial charge in [-0.05, 0) is 60.2 Å². The third-order valence-corrected chi connectivity index (χ3v) is 6.91. The van der Waals surface area contributed by atoms with Gasteiger partial charge in [-0.3, -0.25) is 0 Å². The first-order valence-electron chi connectivity index (χ1n) is 10.9. The van der Waals surface area contributed by atoms with E-state index in [2.05, 4.69) is 72.2 Å². The van der Waals surface area contributed by atoms with Gasteiger partial charge < -0.3 is 4.42 Å². The van der Waals surface area contributed by atoms with E-state index in [0.717, 1.165) is 16.4 Å². The average Bonchev–Trinajstić information content (AvgIpc) is 3.43. The van der Waals surface area contributed by atoms with E-state index in [-0.39, 0.29) is 0 Å². The molecule has 0 amide bonds. The quantitative estimate of drug-likeness (QED) is 0.317. The summed E-state index contributed by atoms with van der Waals surface area (Å²) in [5.74, 6) is 0.707. The first-order chi connectivity index (χ1) is 14.7. The van der Waals surface area contributed by atoms with Gasteiger partial charge in [-0.25, -0.2) is 9.55 Å². The minimum absolute atomic E-state index is 0.703. The van der Waals surface area contributed by atoms with Crippen molar-refractivity contribution in [3.05, 3.63) is 72.1 Å². The number of hydrogen-bond donors (Lipinski definition) is 0. The Balaban J connectivity index is 1.69. The number of furan rings is 1. The maximum absolute atomic E-state index is 6.39. The predicted octanol–water partition coefficient (Wildman–Crippen LogP) is 6.59. The molecule has 6 rings (SSSR count). The smallest absolute Gasteiger partial charge is 0.227 e. The van der Waals surface area contributed by atoms with Crippen molar-refractivity contribution in [1.29, 1.82) is 0 Å². The molecule has 2 aromatic carbocycles. The molecule has 0 unspecified atom stereocenters. The Morgan fingerprint density at radius 2 is 1.70 bits per heavy atom. The van der Waals surface area contributed by atoms with Crippen LogP contribution in [0, 0.1) is 6.92 Å². The lowest BCUT2D eigenvalue weighted by Gasteiger charge is -2.12. The number of aryl methyl sites for hydroxylation is 2. The van der Waals surface area contributed by atoms with E-state index in [9.17, 15) is 0 Å². The third kappa shape index (κ3) is 2.51. The summed E-state index contributed by atoms with van der Waals surface area (Å²) in [7, 11) is 2.16. The highest BCUT2D eigenvalue weighted by Crippen LogP contribution is 2.42. The van der Waals surface area contributed by atoms with Crippen LogP contribution >= 0.6 is 0 Å². The Hall–Kier alpha value is -3.20. The predicted molar refractivity (Wildman–Crippen MR) is 122 cm³/mol. The van der Waals surface area contributed by atoms with E-state index < -0.39 is 0 Å². The summed E-state index contributed by atoms with van der Waals surface area (Å²) in [4.78, 5) is 4.51. The number of fused-ring (bicyclic) bond motifs is 5. The lowest BCUT2D eigenvalue weighted by molar-refractivity contribution is -0.660. The fraction of sp³-hybridized carbons (Fsp3) is 0.259. The Labute approximate surface area is 176 Å².